The number of hydrogen-bond donors (Lipinski definition) is 0. The fourth-order valence-electron chi connectivity index (χ4n) is 4.24. The van der Waals surface area contributed by atoms with Gasteiger partial charge in [0.05, 0.1) is 6.10 Å². The lowest BCUT2D eigenvalue weighted by Crippen LogP contribution is -2.42. The van der Waals surface area contributed by atoms with Gasteiger partial charge in [0.15, 0.2) is 0 Å². The molecule has 24 heavy (non-hydrogen) atoms. The van der Waals surface area contributed by atoms with Gasteiger partial charge in [0.1, 0.15) is 5.82 Å². The zero-order valence-electron chi connectivity index (χ0n) is 15.7. The summed E-state index contributed by atoms with van der Waals surface area (Å²) in [5.41, 5.74) is 0. The van der Waals surface area contributed by atoms with Gasteiger partial charge in [-0.05, 0) is 12.8 Å². The standard InChI is InChI=1S/C18H32N4OS/c1-12(2)17-19-20-18(21-9-13(3)24-14(4)10-21)22(17)11-15-7-6-8-16(15)23-5/h12-16H,6-11H2,1-5H3. The molecule has 2 fully saturated rings. The summed E-state index contributed by atoms with van der Waals surface area (Å²) in [6, 6.07) is 0. The normalized spacial score (nSPS) is 31.2. The lowest BCUT2D eigenvalue weighted by Gasteiger charge is -2.35. The van der Waals surface area contributed by atoms with Crippen LogP contribution in [0.3, 0.4) is 0 Å². The summed E-state index contributed by atoms with van der Waals surface area (Å²) < 4.78 is 8.11. The van der Waals surface area contributed by atoms with Gasteiger partial charge in [-0.15, -0.1) is 10.2 Å². The Balaban J connectivity index is 1.86. The summed E-state index contributed by atoms with van der Waals surface area (Å²) in [6.07, 6.45) is 4.09. The van der Waals surface area contributed by atoms with Crippen LogP contribution < -0.4 is 4.90 Å². The molecule has 1 saturated carbocycles. The van der Waals surface area contributed by atoms with E-state index in [2.05, 4.69) is 59.1 Å². The molecule has 6 heteroatoms. The zero-order chi connectivity index (χ0) is 17.3. The molecule has 4 unspecified atom stereocenters. The second-order valence-electron chi connectivity index (χ2n) is 7.75. The minimum absolute atomic E-state index is 0.384. The molecule has 2 heterocycles. The van der Waals surface area contributed by atoms with Crippen molar-refractivity contribution in [2.24, 2.45) is 5.92 Å². The van der Waals surface area contributed by atoms with Gasteiger partial charge < -0.3 is 9.64 Å². The minimum Gasteiger partial charge on any atom is -0.381 e. The zero-order valence-corrected chi connectivity index (χ0v) is 16.6. The Labute approximate surface area is 150 Å². The Hall–Kier alpha value is -0.750. The van der Waals surface area contributed by atoms with Crippen LogP contribution in [0.15, 0.2) is 0 Å². The average Bonchev–Trinajstić information content (AvgIpc) is 3.13. The maximum atomic E-state index is 5.72. The first-order valence-electron chi connectivity index (χ1n) is 9.35. The Bertz CT molecular complexity index is 537. The molecular formula is C18H32N4OS. The monoisotopic (exact) mass is 352 g/mol. The third kappa shape index (κ3) is 3.74. The molecule has 1 aromatic rings. The molecule has 0 radical (unpaired) electrons. The topological polar surface area (TPSA) is 43.2 Å². The van der Waals surface area contributed by atoms with Gasteiger partial charge in [0, 0.05) is 49.1 Å². The van der Waals surface area contributed by atoms with E-state index in [-0.39, 0.29) is 0 Å². The van der Waals surface area contributed by atoms with Gasteiger partial charge >= 0.3 is 0 Å². The molecule has 2 aliphatic rings. The molecule has 4 atom stereocenters. The van der Waals surface area contributed by atoms with Crippen LogP contribution in [0.2, 0.25) is 0 Å². The lowest BCUT2D eigenvalue weighted by molar-refractivity contribution is 0.0645. The van der Waals surface area contributed by atoms with E-state index in [1.807, 2.05) is 7.11 Å². The predicted molar refractivity (Wildman–Crippen MR) is 101 cm³/mol. The van der Waals surface area contributed by atoms with E-state index in [0.717, 1.165) is 31.4 Å². The fraction of sp³-hybridized carbons (Fsp3) is 0.889. The third-order valence-corrected chi connectivity index (χ3v) is 6.52. The Kier molecular flexibility index (Phi) is 5.75. The Morgan fingerprint density at radius 3 is 2.50 bits per heavy atom. The largest absolute Gasteiger partial charge is 0.381 e. The van der Waals surface area contributed by atoms with Gasteiger partial charge in [0.25, 0.3) is 0 Å². The number of methoxy groups -OCH3 is 1. The van der Waals surface area contributed by atoms with E-state index in [0.29, 0.717) is 28.4 Å². The molecule has 1 aromatic heterocycles. The molecule has 0 N–H and O–H groups in total. The third-order valence-electron chi connectivity index (χ3n) is 5.29. The van der Waals surface area contributed by atoms with E-state index >= 15 is 0 Å². The Morgan fingerprint density at radius 1 is 1.17 bits per heavy atom. The molecular weight excluding hydrogens is 320 g/mol. The van der Waals surface area contributed by atoms with Crippen LogP contribution in [0.4, 0.5) is 5.95 Å². The van der Waals surface area contributed by atoms with Crippen LogP contribution in [-0.2, 0) is 11.3 Å². The van der Waals surface area contributed by atoms with E-state index in [9.17, 15) is 0 Å². The number of hydrogen-bond acceptors (Lipinski definition) is 5. The van der Waals surface area contributed by atoms with Crippen LogP contribution in [0.25, 0.3) is 0 Å². The summed E-state index contributed by atoms with van der Waals surface area (Å²) in [5, 5.41) is 10.4. The van der Waals surface area contributed by atoms with Crippen molar-refractivity contribution >= 4 is 17.7 Å². The van der Waals surface area contributed by atoms with Crippen molar-refractivity contribution in [2.45, 2.75) is 76.0 Å². The second-order valence-corrected chi connectivity index (χ2v) is 9.63. The Morgan fingerprint density at radius 2 is 1.88 bits per heavy atom. The van der Waals surface area contributed by atoms with Crippen molar-refractivity contribution < 1.29 is 4.74 Å². The van der Waals surface area contributed by atoms with Crippen LogP contribution in [-0.4, -0.2) is 51.6 Å². The molecule has 0 amide bonds. The highest BCUT2D eigenvalue weighted by Gasteiger charge is 2.32. The number of thioether (sulfide) groups is 1. The summed E-state index contributed by atoms with van der Waals surface area (Å²) in [6.45, 7) is 12.2. The highest BCUT2D eigenvalue weighted by Crippen LogP contribution is 2.33. The summed E-state index contributed by atoms with van der Waals surface area (Å²) in [7, 11) is 1.85. The van der Waals surface area contributed by atoms with Gasteiger partial charge in [-0.1, -0.05) is 34.1 Å². The first-order chi connectivity index (χ1) is 11.5. The maximum Gasteiger partial charge on any atom is 0.227 e. The highest BCUT2D eigenvalue weighted by atomic mass is 32.2. The first kappa shape index (κ1) is 18.1. The second kappa shape index (κ2) is 7.65. The van der Waals surface area contributed by atoms with Crippen molar-refractivity contribution in [1.29, 1.82) is 0 Å². The smallest absolute Gasteiger partial charge is 0.227 e. The molecule has 3 rings (SSSR count). The predicted octanol–water partition coefficient (Wildman–Crippen LogP) is 3.55. The van der Waals surface area contributed by atoms with E-state index < -0.39 is 0 Å². The molecule has 1 aliphatic carbocycles. The van der Waals surface area contributed by atoms with E-state index in [1.165, 1.54) is 19.3 Å². The van der Waals surface area contributed by atoms with Crippen molar-refractivity contribution in [1.82, 2.24) is 14.8 Å². The van der Waals surface area contributed by atoms with Crippen molar-refractivity contribution in [3.63, 3.8) is 0 Å². The number of rotatable bonds is 5. The molecule has 1 saturated heterocycles. The SMILES string of the molecule is COC1CCCC1Cn1c(C(C)C)nnc1N1CC(C)SC(C)C1. The van der Waals surface area contributed by atoms with Gasteiger partial charge in [-0.3, -0.25) is 4.57 Å². The molecule has 136 valence electrons. The summed E-state index contributed by atoms with van der Waals surface area (Å²) in [4.78, 5) is 2.45. The molecule has 5 nitrogen and oxygen atoms in total. The van der Waals surface area contributed by atoms with Crippen LogP contribution in [0.1, 0.15) is 58.7 Å². The summed E-state index contributed by atoms with van der Waals surface area (Å²) in [5.74, 6) is 3.16. The molecule has 0 aromatic carbocycles. The number of anilines is 1. The molecule has 1 aliphatic heterocycles. The fourth-order valence-corrected chi connectivity index (χ4v) is 5.57. The average molecular weight is 353 g/mol. The van der Waals surface area contributed by atoms with Crippen molar-refractivity contribution in [3.8, 4) is 0 Å². The highest BCUT2D eigenvalue weighted by molar-refractivity contribution is 8.00. The quantitative estimate of drug-likeness (QED) is 0.811. The van der Waals surface area contributed by atoms with Gasteiger partial charge in [0.2, 0.25) is 5.95 Å². The lowest BCUT2D eigenvalue weighted by atomic mass is 10.1. The number of nitrogens with zero attached hydrogens (tertiary/aromatic N) is 4. The van der Waals surface area contributed by atoms with Gasteiger partial charge in [-0.2, -0.15) is 11.8 Å². The van der Waals surface area contributed by atoms with Crippen LogP contribution >= 0.6 is 11.8 Å². The van der Waals surface area contributed by atoms with E-state index in [1.54, 1.807) is 0 Å². The number of aromatic nitrogens is 3. The van der Waals surface area contributed by atoms with Crippen LogP contribution in [0.5, 0.6) is 0 Å². The van der Waals surface area contributed by atoms with Crippen LogP contribution in [0, 0.1) is 5.92 Å². The molecule has 0 bridgehead atoms. The number of ether oxygens (including phenoxy) is 1. The molecule has 0 spiro atoms. The maximum absolute atomic E-state index is 5.72. The summed E-state index contributed by atoms with van der Waals surface area (Å²) >= 11 is 2.08. The van der Waals surface area contributed by atoms with E-state index in [4.69, 9.17) is 4.74 Å². The van der Waals surface area contributed by atoms with Gasteiger partial charge in [-0.25, -0.2) is 0 Å². The first-order valence-corrected chi connectivity index (χ1v) is 10.3. The van der Waals surface area contributed by atoms with Crippen molar-refractivity contribution in [2.75, 3.05) is 25.1 Å². The minimum atomic E-state index is 0.384. The van der Waals surface area contributed by atoms with Crippen molar-refractivity contribution in [3.05, 3.63) is 5.82 Å².